The maximum Gasteiger partial charge on any atom is 0.275 e. The highest BCUT2D eigenvalue weighted by atomic mass is 16.1. The third kappa shape index (κ3) is 3.88. The van der Waals surface area contributed by atoms with Gasteiger partial charge < -0.3 is 10.6 Å². The maximum atomic E-state index is 12.4. The number of hydrogen-bond donors (Lipinski definition) is 2. The van der Waals surface area contributed by atoms with Crippen LogP contribution < -0.4 is 10.6 Å². The Morgan fingerprint density at radius 3 is 2.19 bits per heavy atom. The third-order valence-electron chi connectivity index (χ3n) is 4.38. The SMILES string of the molecule is Cc1ccc(NC(=O)c2cnc(Nc3c(C)cccc3C)cn2)cc1C. The second-order valence-electron chi connectivity index (χ2n) is 6.43. The molecule has 0 saturated heterocycles. The summed E-state index contributed by atoms with van der Waals surface area (Å²) in [6.07, 6.45) is 3.05. The first-order chi connectivity index (χ1) is 12.4. The van der Waals surface area contributed by atoms with Crippen LogP contribution in [0.3, 0.4) is 0 Å². The summed E-state index contributed by atoms with van der Waals surface area (Å²) in [5, 5.41) is 6.12. The lowest BCUT2D eigenvalue weighted by Gasteiger charge is -2.12. The maximum absolute atomic E-state index is 12.4. The molecule has 26 heavy (non-hydrogen) atoms. The number of anilines is 3. The van der Waals surface area contributed by atoms with E-state index in [9.17, 15) is 4.79 Å². The van der Waals surface area contributed by atoms with Crippen molar-refractivity contribution in [1.82, 2.24) is 9.97 Å². The number of aromatic nitrogens is 2. The highest BCUT2D eigenvalue weighted by Gasteiger charge is 2.10. The first-order valence-electron chi connectivity index (χ1n) is 8.48. The second kappa shape index (κ2) is 7.35. The Morgan fingerprint density at radius 1 is 0.846 bits per heavy atom. The summed E-state index contributed by atoms with van der Waals surface area (Å²) in [5.41, 5.74) is 6.60. The Kier molecular flexibility index (Phi) is 4.98. The molecule has 5 heteroatoms. The van der Waals surface area contributed by atoms with E-state index in [1.54, 1.807) is 6.20 Å². The summed E-state index contributed by atoms with van der Waals surface area (Å²) >= 11 is 0. The van der Waals surface area contributed by atoms with Gasteiger partial charge in [0.25, 0.3) is 5.91 Å². The van der Waals surface area contributed by atoms with Gasteiger partial charge in [-0.3, -0.25) is 4.79 Å². The quantitative estimate of drug-likeness (QED) is 0.718. The van der Waals surface area contributed by atoms with Gasteiger partial charge in [-0.15, -0.1) is 0 Å². The van der Waals surface area contributed by atoms with E-state index < -0.39 is 0 Å². The minimum Gasteiger partial charge on any atom is -0.339 e. The normalized spacial score (nSPS) is 10.5. The zero-order chi connectivity index (χ0) is 18.7. The minimum absolute atomic E-state index is 0.273. The lowest BCUT2D eigenvalue weighted by atomic mass is 10.1. The molecule has 5 nitrogen and oxygen atoms in total. The summed E-state index contributed by atoms with van der Waals surface area (Å²) in [5.74, 6) is 0.324. The standard InChI is InChI=1S/C21H22N4O/c1-13-8-9-17(10-16(13)4)24-21(26)18-11-23-19(12-22-18)25-20-14(2)6-5-7-15(20)3/h5-12H,1-4H3,(H,23,25)(H,24,26). The summed E-state index contributed by atoms with van der Waals surface area (Å²) in [6, 6.07) is 11.9. The van der Waals surface area contributed by atoms with Crippen LogP contribution in [0.4, 0.5) is 17.2 Å². The zero-order valence-corrected chi connectivity index (χ0v) is 15.4. The molecule has 0 spiro atoms. The summed E-state index contributed by atoms with van der Waals surface area (Å²) < 4.78 is 0. The molecule has 0 atom stereocenters. The molecule has 1 amide bonds. The molecule has 132 valence electrons. The van der Waals surface area contributed by atoms with Gasteiger partial charge in [-0.05, 0) is 62.1 Å². The molecule has 3 rings (SSSR count). The van der Waals surface area contributed by atoms with Crippen molar-refractivity contribution < 1.29 is 4.79 Å². The fraction of sp³-hybridized carbons (Fsp3) is 0.190. The molecule has 0 aliphatic rings. The Bertz CT molecular complexity index is 928. The Balaban J connectivity index is 1.72. The van der Waals surface area contributed by atoms with E-state index in [1.165, 1.54) is 11.8 Å². The van der Waals surface area contributed by atoms with E-state index in [2.05, 4.69) is 20.6 Å². The van der Waals surface area contributed by atoms with Crippen molar-refractivity contribution in [3.63, 3.8) is 0 Å². The van der Waals surface area contributed by atoms with Gasteiger partial charge in [0.15, 0.2) is 0 Å². The molecule has 0 aliphatic carbocycles. The number of hydrogen-bond acceptors (Lipinski definition) is 4. The van der Waals surface area contributed by atoms with Crippen LogP contribution >= 0.6 is 0 Å². The summed E-state index contributed by atoms with van der Waals surface area (Å²) in [6.45, 7) is 8.12. The molecule has 1 heterocycles. The van der Waals surface area contributed by atoms with Crippen LogP contribution in [-0.4, -0.2) is 15.9 Å². The number of aryl methyl sites for hydroxylation is 4. The Hall–Kier alpha value is -3.21. The highest BCUT2D eigenvalue weighted by Crippen LogP contribution is 2.23. The van der Waals surface area contributed by atoms with Gasteiger partial charge in [0.1, 0.15) is 11.5 Å². The summed E-state index contributed by atoms with van der Waals surface area (Å²) in [4.78, 5) is 20.9. The zero-order valence-electron chi connectivity index (χ0n) is 15.4. The van der Waals surface area contributed by atoms with Crippen LogP contribution in [0.2, 0.25) is 0 Å². The second-order valence-corrected chi connectivity index (χ2v) is 6.43. The van der Waals surface area contributed by atoms with E-state index in [4.69, 9.17) is 0 Å². The average molecular weight is 346 g/mol. The number of benzene rings is 2. The predicted molar refractivity (Wildman–Crippen MR) is 105 cm³/mol. The molecular formula is C21H22N4O. The molecule has 0 unspecified atom stereocenters. The molecule has 0 aliphatic heterocycles. The fourth-order valence-corrected chi connectivity index (χ4v) is 2.66. The van der Waals surface area contributed by atoms with Crippen molar-refractivity contribution in [3.05, 3.63) is 76.7 Å². The number of carbonyl (C=O) groups excluding carboxylic acids is 1. The van der Waals surface area contributed by atoms with Crippen molar-refractivity contribution in [1.29, 1.82) is 0 Å². The van der Waals surface area contributed by atoms with Crippen molar-refractivity contribution in [2.45, 2.75) is 27.7 Å². The third-order valence-corrected chi connectivity index (χ3v) is 4.38. The van der Waals surface area contributed by atoms with Crippen molar-refractivity contribution in [3.8, 4) is 0 Å². The molecule has 3 aromatic rings. The van der Waals surface area contributed by atoms with Gasteiger partial charge >= 0.3 is 0 Å². The molecule has 2 N–H and O–H groups in total. The first kappa shape index (κ1) is 17.6. The average Bonchev–Trinajstić information content (AvgIpc) is 2.62. The minimum atomic E-state index is -0.278. The van der Waals surface area contributed by atoms with Gasteiger partial charge in [-0.25, -0.2) is 9.97 Å². The van der Waals surface area contributed by atoms with Gasteiger partial charge in [0.05, 0.1) is 12.4 Å². The Morgan fingerprint density at radius 2 is 1.58 bits per heavy atom. The van der Waals surface area contributed by atoms with E-state index in [0.29, 0.717) is 5.82 Å². The highest BCUT2D eigenvalue weighted by molar-refractivity contribution is 6.02. The predicted octanol–water partition coefficient (Wildman–Crippen LogP) is 4.71. The van der Waals surface area contributed by atoms with Crippen molar-refractivity contribution in [2.24, 2.45) is 0 Å². The topological polar surface area (TPSA) is 66.9 Å². The summed E-state index contributed by atoms with van der Waals surface area (Å²) in [7, 11) is 0. The number of rotatable bonds is 4. The van der Waals surface area contributed by atoms with Crippen molar-refractivity contribution in [2.75, 3.05) is 10.6 Å². The molecule has 2 aromatic carbocycles. The van der Waals surface area contributed by atoms with E-state index in [-0.39, 0.29) is 11.6 Å². The molecule has 0 fully saturated rings. The van der Waals surface area contributed by atoms with E-state index in [0.717, 1.165) is 28.1 Å². The van der Waals surface area contributed by atoms with Crippen LogP contribution in [0.5, 0.6) is 0 Å². The van der Waals surface area contributed by atoms with Crippen LogP contribution in [0, 0.1) is 27.7 Å². The first-order valence-corrected chi connectivity index (χ1v) is 8.48. The number of para-hydroxylation sites is 1. The van der Waals surface area contributed by atoms with Crippen LogP contribution in [-0.2, 0) is 0 Å². The van der Waals surface area contributed by atoms with Gasteiger partial charge in [-0.1, -0.05) is 24.3 Å². The van der Waals surface area contributed by atoms with Crippen LogP contribution in [0.25, 0.3) is 0 Å². The number of carbonyl (C=O) groups is 1. The van der Waals surface area contributed by atoms with Gasteiger partial charge in [-0.2, -0.15) is 0 Å². The van der Waals surface area contributed by atoms with E-state index >= 15 is 0 Å². The number of amides is 1. The lowest BCUT2D eigenvalue weighted by molar-refractivity contribution is 0.102. The monoisotopic (exact) mass is 346 g/mol. The van der Waals surface area contributed by atoms with Crippen molar-refractivity contribution >= 4 is 23.1 Å². The van der Waals surface area contributed by atoms with Gasteiger partial charge in [0.2, 0.25) is 0 Å². The molecule has 1 aromatic heterocycles. The molecular weight excluding hydrogens is 324 g/mol. The van der Waals surface area contributed by atoms with E-state index in [1.807, 2.05) is 64.1 Å². The molecule has 0 saturated carbocycles. The van der Waals surface area contributed by atoms with Crippen LogP contribution in [0.1, 0.15) is 32.7 Å². The smallest absolute Gasteiger partial charge is 0.275 e. The van der Waals surface area contributed by atoms with Crippen LogP contribution in [0.15, 0.2) is 48.8 Å². The number of nitrogens with zero attached hydrogens (tertiary/aromatic N) is 2. The molecule has 0 bridgehead atoms. The van der Waals surface area contributed by atoms with Gasteiger partial charge in [0, 0.05) is 11.4 Å². The lowest BCUT2D eigenvalue weighted by Crippen LogP contribution is -2.14. The Labute approximate surface area is 153 Å². The number of nitrogens with one attached hydrogen (secondary N) is 2. The fourth-order valence-electron chi connectivity index (χ4n) is 2.66. The molecule has 0 radical (unpaired) electrons. The largest absolute Gasteiger partial charge is 0.339 e.